The number of nitrogens with zero attached hydrogens (tertiary/aromatic N) is 1. The Bertz CT molecular complexity index is 368. The quantitative estimate of drug-likeness (QED) is 0.789. The van der Waals surface area contributed by atoms with Crippen LogP contribution in [-0.2, 0) is 4.79 Å². The van der Waals surface area contributed by atoms with Crippen molar-refractivity contribution in [2.45, 2.75) is 26.2 Å². The van der Waals surface area contributed by atoms with Crippen molar-refractivity contribution in [3.8, 4) is 0 Å². The summed E-state index contributed by atoms with van der Waals surface area (Å²) in [6.45, 7) is 2.88. The van der Waals surface area contributed by atoms with E-state index in [-0.39, 0.29) is 11.8 Å². The van der Waals surface area contributed by atoms with Crippen molar-refractivity contribution in [1.29, 1.82) is 0 Å². The lowest BCUT2D eigenvalue weighted by Gasteiger charge is -2.22. The molecule has 0 spiro atoms. The molecule has 0 unspecified atom stereocenters. The molecule has 0 aromatic heterocycles. The van der Waals surface area contributed by atoms with Gasteiger partial charge in [-0.15, -0.1) is 0 Å². The minimum absolute atomic E-state index is 0.268. The van der Waals surface area contributed by atoms with E-state index in [9.17, 15) is 4.79 Å². The lowest BCUT2D eigenvalue weighted by atomic mass is 10.2. The van der Waals surface area contributed by atoms with Crippen molar-refractivity contribution in [2.24, 2.45) is 5.92 Å². The standard InChI is InChI=1S/C13H18N2O/c1-2-9-15(13(16)10-3-4-10)12-7-5-11(14)6-8-12/h5-8,10H,2-4,9,14H2,1H3. The van der Waals surface area contributed by atoms with Gasteiger partial charge in [0.05, 0.1) is 0 Å². The first-order chi connectivity index (χ1) is 7.72. The minimum atomic E-state index is 0.268. The molecule has 1 saturated carbocycles. The zero-order valence-electron chi connectivity index (χ0n) is 9.65. The lowest BCUT2D eigenvalue weighted by Crippen LogP contribution is -2.32. The van der Waals surface area contributed by atoms with E-state index in [2.05, 4.69) is 6.92 Å². The predicted octanol–water partition coefficient (Wildman–Crippen LogP) is 2.42. The van der Waals surface area contributed by atoms with Gasteiger partial charge in [0.2, 0.25) is 5.91 Å². The summed E-state index contributed by atoms with van der Waals surface area (Å²) in [5.74, 6) is 0.538. The average molecular weight is 218 g/mol. The third-order valence-corrected chi connectivity index (χ3v) is 2.84. The summed E-state index contributed by atoms with van der Waals surface area (Å²) in [5.41, 5.74) is 7.35. The number of carbonyl (C=O) groups is 1. The van der Waals surface area contributed by atoms with Gasteiger partial charge in [-0.05, 0) is 43.5 Å². The maximum absolute atomic E-state index is 12.1. The Morgan fingerprint density at radius 3 is 2.50 bits per heavy atom. The van der Waals surface area contributed by atoms with Crippen LogP contribution in [0.25, 0.3) is 0 Å². The molecule has 0 radical (unpaired) electrons. The topological polar surface area (TPSA) is 46.3 Å². The third-order valence-electron chi connectivity index (χ3n) is 2.84. The number of nitrogens with two attached hydrogens (primary N) is 1. The SMILES string of the molecule is CCCN(C(=O)C1CC1)c1ccc(N)cc1. The van der Waals surface area contributed by atoms with Crippen LogP contribution in [0, 0.1) is 5.92 Å². The Labute approximate surface area is 96.2 Å². The van der Waals surface area contributed by atoms with E-state index in [1.807, 2.05) is 29.2 Å². The van der Waals surface area contributed by atoms with Crippen molar-refractivity contribution in [3.63, 3.8) is 0 Å². The number of hydrogen-bond acceptors (Lipinski definition) is 2. The maximum atomic E-state index is 12.1. The molecule has 1 aromatic rings. The van der Waals surface area contributed by atoms with E-state index in [1.54, 1.807) is 0 Å². The van der Waals surface area contributed by atoms with Crippen LogP contribution in [0.3, 0.4) is 0 Å². The van der Waals surface area contributed by atoms with Crippen molar-refractivity contribution >= 4 is 17.3 Å². The molecule has 0 saturated heterocycles. The monoisotopic (exact) mass is 218 g/mol. The summed E-state index contributed by atoms with van der Waals surface area (Å²) in [6.07, 6.45) is 3.07. The first kappa shape index (κ1) is 11.0. The molecule has 1 aromatic carbocycles. The first-order valence-electron chi connectivity index (χ1n) is 5.89. The van der Waals surface area contributed by atoms with Gasteiger partial charge >= 0.3 is 0 Å². The summed E-state index contributed by atoms with van der Waals surface area (Å²) in [6, 6.07) is 7.53. The van der Waals surface area contributed by atoms with Gasteiger partial charge in [-0.1, -0.05) is 6.92 Å². The predicted molar refractivity (Wildman–Crippen MR) is 66.2 cm³/mol. The second-order valence-electron chi connectivity index (χ2n) is 4.36. The molecule has 0 bridgehead atoms. The molecule has 0 heterocycles. The summed E-state index contributed by atoms with van der Waals surface area (Å²) in [7, 11) is 0. The van der Waals surface area contributed by atoms with Crippen LogP contribution in [-0.4, -0.2) is 12.5 Å². The van der Waals surface area contributed by atoms with Crippen LogP contribution < -0.4 is 10.6 Å². The zero-order chi connectivity index (χ0) is 11.5. The Morgan fingerprint density at radius 1 is 1.38 bits per heavy atom. The van der Waals surface area contributed by atoms with Crippen LogP contribution in [0.5, 0.6) is 0 Å². The van der Waals surface area contributed by atoms with E-state index in [4.69, 9.17) is 5.73 Å². The summed E-state index contributed by atoms with van der Waals surface area (Å²) in [5, 5.41) is 0. The van der Waals surface area contributed by atoms with Crippen LogP contribution in [0.2, 0.25) is 0 Å². The summed E-state index contributed by atoms with van der Waals surface area (Å²) in [4.78, 5) is 14.0. The van der Waals surface area contributed by atoms with E-state index in [0.29, 0.717) is 0 Å². The van der Waals surface area contributed by atoms with E-state index in [1.165, 1.54) is 0 Å². The molecule has 0 aliphatic heterocycles. The van der Waals surface area contributed by atoms with Crippen LogP contribution in [0.1, 0.15) is 26.2 Å². The van der Waals surface area contributed by atoms with Crippen molar-refractivity contribution in [1.82, 2.24) is 0 Å². The molecule has 1 aliphatic rings. The molecule has 86 valence electrons. The number of anilines is 2. The van der Waals surface area contributed by atoms with E-state index in [0.717, 1.165) is 37.2 Å². The second-order valence-corrected chi connectivity index (χ2v) is 4.36. The molecule has 2 N–H and O–H groups in total. The number of carbonyl (C=O) groups excluding carboxylic acids is 1. The molecular weight excluding hydrogens is 200 g/mol. The second kappa shape index (κ2) is 4.56. The van der Waals surface area contributed by atoms with Gasteiger partial charge in [-0.25, -0.2) is 0 Å². The fourth-order valence-corrected chi connectivity index (χ4v) is 1.80. The van der Waals surface area contributed by atoms with Crippen LogP contribution >= 0.6 is 0 Å². The highest BCUT2D eigenvalue weighted by Gasteiger charge is 2.33. The van der Waals surface area contributed by atoms with Gasteiger partial charge in [0.1, 0.15) is 0 Å². The Morgan fingerprint density at radius 2 is 2.00 bits per heavy atom. The first-order valence-corrected chi connectivity index (χ1v) is 5.89. The number of benzene rings is 1. The van der Waals surface area contributed by atoms with Crippen molar-refractivity contribution in [3.05, 3.63) is 24.3 Å². The van der Waals surface area contributed by atoms with Gasteiger partial charge in [-0.3, -0.25) is 4.79 Å². The molecular formula is C13H18N2O. The molecule has 0 atom stereocenters. The van der Waals surface area contributed by atoms with Gasteiger partial charge < -0.3 is 10.6 Å². The van der Waals surface area contributed by atoms with Gasteiger partial charge in [0, 0.05) is 23.8 Å². The van der Waals surface area contributed by atoms with E-state index < -0.39 is 0 Å². The van der Waals surface area contributed by atoms with Crippen molar-refractivity contribution < 1.29 is 4.79 Å². The Kier molecular flexibility index (Phi) is 3.13. The molecule has 1 amide bonds. The molecule has 16 heavy (non-hydrogen) atoms. The highest BCUT2D eigenvalue weighted by molar-refractivity contribution is 5.96. The Balaban J connectivity index is 2.17. The molecule has 1 fully saturated rings. The van der Waals surface area contributed by atoms with Gasteiger partial charge in [0.15, 0.2) is 0 Å². The average Bonchev–Trinajstić information content (AvgIpc) is 3.10. The fourth-order valence-electron chi connectivity index (χ4n) is 1.80. The highest BCUT2D eigenvalue weighted by atomic mass is 16.2. The largest absolute Gasteiger partial charge is 0.399 e. The number of rotatable bonds is 4. The smallest absolute Gasteiger partial charge is 0.230 e. The highest BCUT2D eigenvalue weighted by Crippen LogP contribution is 2.33. The Hall–Kier alpha value is -1.51. The molecule has 1 aliphatic carbocycles. The zero-order valence-corrected chi connectivity index (χ0v) is 9.65. The molecule has 2 rings (SSSR count). The lowest BCUT2D eigenvalue weighted by molar-refractivity contribution is -0.119. The minimum Gasteiger partial charge on any atom is -0.399 e. The summed E-state index contributed by atoms with van der Waals surface area (Å²) < 4.78 is 0. The number of amides is 1. The van der Waals surface area contributed by atoms with Crippen molar-refractivity contribution in [2.75, 3.05) is 17.2 Å². The fraction of sp³-hybridized carbons (Fsp3) is 0.462. The molecule has 3 heteroatoms. The normalized spacial score (nSPS) is 14.8. The maximum Gasteiger partial charge on any atom is 0.230 e. The van der Waals surface area contributed by atoms with Crippen LogP contribution in [0.4, 0.5) is 11.4 Å². The number of hydrogen-bond donors (Lipinski definition) is 1. The van der Waals surface area contributed by atoms with Gasteiger partial charge in [-0.2, -0.15) is 0 Å². The third kappa shape index (κ3) is 2.35. The summed E-state index contributed by atoms with van der Waals surface area (Å²) >= 11 is 0. The van der Waals surface area contributed by atoms with Gasteiger partial charge in [0.25, 0.3) is 0 Å². The number of nitrogen functional groups attached to an aromatic ring is 1. The van der Waals surface area contributed by atoms with E-state index >= 15 is 0 Å². The van der Waals surface area contributed by atoms with Crippen LogP contribution in [0.15, 0.2) is 24.3 Å². The molecule has 3 nitrogen and oxygen atoms in total.